The summed E-state index contributed by atoms with van der Waals surface area (Å²) < 4.78 is 9.01. The molecule has 88 valence electrons. The lowest BCUT2D eigenvalue weighted by atomic mass is 10.1. The number of nitrogens with zero attached hydrogens (tertiary/aromatic N) is 2. The Hall–Kier alpha value is -1.75. The number of aryl methyl sites for hydroxylation is 1. The molecule has 1 aromatic heterocycles. The topological polar surface area (TPSA) is 52.1 Å². The lowest BCUT2D eigenvalue weighted by molar-refractivity contribution is 0.103. The second kappa shape index (κ2) is 5.05. The first-order valence-corrected chi connectivity index (χ1v) is 6.04. The number of ketones is 1. The molecule has 0 bridgehead atoms. The summed E-state index contributed by atoms with van der Waals surface area (Å²) in [5, 5.41) is 3.94. The summed E-state index contributed by atoms with van der Waals surface area (Å²) >= 11 is 1.13. The van der Waals surface area contributed by atoms with Gasteiger partial charge in [0.15, 0.2) is 0 Å². The van der Waals surface area contributed by atoms with Crippen LogP contribution in [0.4, 0.5) is 0 Å². The smallest absolute Gasteiger partial charge is 0.210 e. The van der Waals surface area contributed by atoms with E-state index >= 15 is 0 Å². The van der Waals surface area contributed by atoms with Gasteiger partial charge in [0.05, 0.1) is 18.4 Å². The third-order valence-electron chi connectivity index (χ3n) is 2.45. The highest BCUT2D eigenvalue weighted by Crippen LogP contribution is 2.23. The number of ether oxygens (including phenoxy) is 1. The predicted octanol–water partition coefficient (Wildman–Crippen LogP) is 2.34. The Labute approximate surface area is 103 Å². The molecule has 0 aliphatic carbocycles. The molecular formula is C12H12N2O2S. The van der Waals surface area contributed by atoms with Crippen molar-refractivity contribution < 1.29 is 9.53 Å². The molecule has 2 aromatic rings. The van der Waals surface area contributed by atoms with Gasteiger partial charge in [-0.25, -0.2) is 0 Å². The van der Waals surface area contributed by atoms with Crippen molar-refractivity contribution in [3.63, 3.8) is 0 Å². The van der Waals surface area contributed by atoms with E-state index in [-0.39, 0.29) is 5.78 Å². The maximum absolute atomic E-state index is 12.3. The molecule has 0 unspecified atom stereocenters. The van der Waals surface area contributed by atoms with Crippen molar-refractivity contribution in [2.75, 3.05) is 7.11 Å². The molecule has 0 N–H and O–H groups in total. The monoisotopic (exact) mass is 248 g/mol. The number of hydrogen-bond donors (Lipinski definition) is 0. The van der Waals surface area contributed by atoms with Crippen LogP contribution < -0.4 is 4.74 Å². The molecule has 0 saturated heterocycles. The molecule has 0 aliphatic rings. The molecule has 0 fully saturated rings. The maximum Gasteiger partial charge on any atom is 0.210 e. The van der Waals surface area contributed by atoms with Crippen molar-refractivity contribution in [2.45, 2.75) is 13.3 Å². The molecule has 1 aromatic carbocycles. The van der Waals surface area contributed by atoms with Gasteiger partial charge in [-0.05, 0) is 30.1 Å². The zero-order valence-electron chi connectivity index (χ0n) is 9.64. The Bertz CT molecular complexity index is 537. The summed E-state index contributed by atoms with van der Waals surface area (Å²) in [5.41, 5.74) is 1.29. The van der Waals surface area contributed by atoms with E-state index in [0.29, 0.717) is 22.6 Å². The summed E-state index contributed by atoms with van der Waals surface area (Å²) in [6.45, 7) is 1.95. The Morgan fingerprint density at radius 1 is 1.41 bits per heavy atom. The maximum atomic E-state index is 12.3. The summed E-state index contributed by atoms with van der Waals surface area (Å²) in [4.78, 5) is 12.9. The molecule has 1 heterocycles. The van der Waals surface area contributed by atoms with Gasteiger partial charge in [0.2, 0.25) is 5.78 Å². The van der Waals surface area contributed by atoms with Crippen molar-refractivity contribution in [2.24, 2.45) is 0 Å². The van der Waals surface area contributed by atoms with E-state index in [1.807, 2.05) is 19.1 Å². The van der Waals surface area contributed by atoms with Crippen LogP contribution in [0, 0.1) is 0 Å². The van der Waals surface area contributed by atoms with Gasteiger partial charge in [0.25, 0.3) is 0 Å². The highest BCUT2D eigenvalue weighted by molar-refractivity contribution is 7.08. The summed E-state index contributed by atoms with van der Waals surface area (Å²) in [6, 6.07) is 7.17. The quantitative estimate of drug-likeness (QED) is 0.779. The Balaban J connectivity index is 2.44. The largest absolute Gasteiger partial charge is 0.496 e. The SMILES string of the molecule is CCc1nnsc1C(=O)c1ccccc1OC. The molecule has 0 amide bonds. The number of benzene rings is 1. The highest BCUT2D eigenvalue weighted by Gasteiger charge is 2.19. The van der Waals surface area contributed by atoms with E-state index in [0.717, 1.165) is 17.2 Å². The molecule has 0 saturated carbocycles. The van der Waals surface area contributed by atoms with Crippen molar-refractivity contribution in [3.8, 4) is 5.75 Å². The molecular weight excluding hydrogens is 236 g/mol. The van der Waals surface area contributed by atoms with Crippen molar-refractivity contribution in [1.29, 1.82) is 0 Å². The minimum absolute atomic E-state index is 0.0747. The summed E-state index contributed by atoms with van der Waals surface area (Å²) in [5.74, 6) is 0.502. The number of methoxy groups -OCH3 is 1. The van der Waals surface area contributed by atoms with Crippen molar-refractivity contribution in [1.82, 2.24) is 9.59 Å². The molecule has 4 nitrogen and oxygen atoms in total. The first kappa shape index (κ1) is 11.7. The van der Waals surface area contributed by atoms with Crippen LogP contribution in [-0.2, 0) is 6.42 Å². The van der Waals surface area contributed by atoms with E-state index in [4.69, 9.17) is 4.74 Å². The fourth-order valence-electron chi connectivity index (χ4n) is 1.57. The zero-order chi connectivity index (χ0) is 12.3. The number of hydrogen-bond acceptors (Lipinski definition) is 5. The van der Waals surface area contributed by atoms with Gasteiger partial charge in [-0.15, -0.1) is 5.10 Å². The predicted molar refractivity (Wildman–Crippen MR) is 65.7 cm³/mol. The third-order valence-corrected chi connectivity index (χ3v) is 3.22. The molecule has 5 heteroatoms. The zero-order valence-corrected chi connectivity index (χ0v) is 10.5. The third kappa shape index (κ3) is 2.19. The molecule has 0 radical (unpaired) electrons. The molecule has 0 spiro atoms. The molecule has 17 heavy (non-hydrogen) atoms. The Morgan fingerprint density at radius 3 is 2.88 bits per heavy atom. The van der Waals surface area contributed by atoms with Gasteiger partial charge in [0, 0.05) is 0 Å². The van der Waals surface area contributed by atoms with Gasteiger partial charge in [-0.1, -0.05) is 23.5 Å². The van der Waals surface area contributed by atoms with E-state index in [1.54, 1.807) is 19.2 Å². The van der Waals surface area contributed by atoms with Crippen molar-refractivity contribution >= 4 is 17.3 Å². The van der Waals surface area contributed by atoms with Gasteiger partial charge < -0.3 is 4.74 Å². The van der Waals surface area contributed by atoms with Crippen LogP contribution in [0.2, 0.25) is 0 Å². The normalized spacial score (nSPS) is 10.2. The first-order chi connectivity index (χ1) is 8.27. The number of para-hydroxylation sites is 1. The van der Waals surface area contributed by atoms with Crippen molar-refractivity contribution in [3.05, 3.63) is 40.4 Å². The lowest BCUT2D eigenvalue weighted by Gasteiger charge is -2.05. The molecule has 2 rings (SSSR count). The van der Waals surface area contributed by atoms with Crippen LogP contribution in [0.15, 0.2) is 24.3 Å². The number of carbonyl (C=O) groups excluding carboxylic acids is 1. The number of aromatic nitrogens is 2. The lowest BCUT2D eigenvalue weighted by Crippen LogP contribution is -2.04. The van der Waals surface area contributed by atoms with E-state index in [2.05, 4.69) is 9.59 Å². The van der Waals surface area contributed by atoms with E-state index in [9.17, 15) is 4.79 Å². The Morgan fingerprint density at radius 2 is 2.18 bits per heavy atom. The first-order valence-electron chi connectivity index (χ1n) is 5.26. The standard InChI is InChI=1S/C12H12N2O2S/c1-3-9-12(17-14-13-9)11(15)8-6-4-5-7-10(8)16-2/h4-7H,3H2,1-2H3. The van der Waals surface area contributed by atoms with Crippen LogP contribution in [0.25, 0.3) is 0 Å². The van der Waals surface area contributed by atoms with Gasteiger partial charge in [0.1, 0.15) is 10.6 Å². The van der Waals surface area contributed by atoms with Gasteiger partial charge >= 0.3 is 0 Å². The average Bonchev–Trinajstić information content (AvgIpc) is 2.86. The summed E-state index contributed by atoms with van der Waals surface area (Å²) in [6.07, 6.45) is 0.701. The van der Waals surface area contributed by atoms with Crippen LogP contribution in [0.3, 0.4) is 0 Å². The second-order valence-electron chi connectivity index (χ2n) is 3.43. The number of rotatable bonds is 4. The minimum Gasteiger partial charge on any atom is -0.496 e. The van der Waals surface area contributed by atoms with Crippen LogP contribution >= 0.6 is 11.5 Å². The molecule has 0 aliphatic heterocycles. The van der Waals surface area contributed by atoms with E-state index < -0.39 is 0 Å². The average molecular weight is 248 g/mol. The summed E-state index contributed by atoms with van der Waals surface area (Å²) in [7, 11) is 1.55. The highest BCUT2D eigenvalue weighted by atomic mass is 32.1. The van der Waals surface area contributed by atoms with Crippen LogP contribution in [0.5, 0.6) is 5.75 Å². The fourth-order valence-corrected chi connectivity index (χ4v) is 2.27. The second-order valence-corrected chi connectivity index (χ2v) is 4.19. The van der Waals surface area contributed by atoms with Gasteiger partial charge in [-0.2, -0.15) is 0 Å². The fraction of sp³-hybridized carbons (Fsp3) is 0.250. The van der Waals surface area contributed by atoms with Crippen LogP contribution in [0.1, 0.15) is 27.9 Å². The van der Waals surface area contributed by atoms with Gasteiger partial charge in [-0.3, -0.25) is 4.79 Å². The van der Waals surface area contributed by atoms with Crippen LogP contribution in [-0.4, -0.2) is 22.5 Å². The minimum atomic E-state index is -0.0747. The van der Waals surface area contributed by atoms with E-state index in [1.165, 1.54) is 0 Å². The Kier molecular flexibility index (Phi) is 3.49. The molecule has 0 atom stereocenters. The number of carbonyl (C=O) groups is 1.